The van der Waals surface area contributed by atoms with Crippen molar-refractivity contribution in [3.05, 3.63) is 53.0 Å². The highest BCUT2D eigenvalue weighted by Gasteiger charge is 2.59. The number of carbonyl (C=O) groups excluding carboxylic acids is 1. The minimum atomic E-state index is -4.62. The average Bonchev–Trinajstić information content (AvgIpc) is 3.66. The fourth-order valence-electron chi connectivity index (χ4n) is 6.65. The van der Waals surface area contributed by atoms with E-state index >= 15 is 0 Å². The molecule has 0 radical (unpaired) electrons. The fourth-order valence-corrected chi connectivity index (χ4v) is 6.65. The summed E-state index contributed by atoms with van der Waals surface area (Å²) in [5.74, 6) is 1.24. The Balaban J connectivity index is 1.05. The van der Waals surface area contributed by atoms with Crippen molar-refractivity contribution in [3.8, 4) is 5.88 Å². The number of alkyl halides is 3. The number of aryl methyl sites for hydroxylation is 1. The van der Waals surface area contributed by atoms with Gasteiger partial charge in [-0.25, -0.2) is 4.98 Å². The van der Waals surface area contributed by atoms with Crippen LogP contribution in [0.1, 0.15) is 66.7 Å². The summed E-state index contributed by atoms with van der Waals surface area (Å²) >= 11 is 0. The second kappa shape index (κ2) is 8.83. The second-order valence-electron chi connectivity index (χ2n) is 13.1. The van der Waals surface area contributed by atoms with Gasteiger partial charge in [-0.2, -0.15) is 18.2 Å². The van der Waals surface area contributed by atoms with Crippen LogP contribution in [0.3, 0.4) is 0 Å². The van der Waals surface area contributed by atoms with Crippen molar-refractivity contribution in [2.45, 2.75) is 64.3 Å². The first-order valence-corrected chi connectivity index (χ1v) is 14.4. The van der Waals surface area contributed by atoms with E-state index in [9.17, 15) is 18.0 Å². The van der Waals surface area contributed by atoms with E-state index in [0.29, 0.717) is 30.1 Å². The van der Waals surface area contributed by atoms with Crippen molar-refractivity contribution < 1.29 is 22.7 Å². The normalized spacial score (nSPS) is 25.1. The number of pyridine rings is 2. The molecule has 2 saturated carbocycles. The highest BCUT2D eigenvalue weighted by atomic mass is 19.4. The van der Waals surface area contributed by atoms with Crippen LogP contribution in [0.2, 0.25) is 0 Å². The van der Waals surface area contributed by atoms with Gasteiger partial charge in [0.05, 0.1) is 16.8 Å². The lowest BCUT2D eigenvalue weighted by Gasteiger charge is -2.34. The summed E-state index contributed by atoms with van der Waals surface area (Å²) in [6.45, 7) is 8.38. The maximum Gasteiger partial charge on any atom is 0.420 e. The van der Waals surface area contributed by atoms with Crippen molar-refractivity contribution in [1.82, 2.24) is 19.3 Å². The molecule has 1 amide bonds. The lowest BCUT2D eigenvalue weighted by atomic mass is 9.93. The number of carbonyl (C=O) groups is 1. The quantitative estimate of drug-likeness (QED) is 0.477. The van der Waals surface area contributed by atoms with Gasteiger partial charge in [0.2, 0.25) is 5.88 Å². The standard InChI is InChI=1S/C30H35F3N6O2/c1-17-13-38-14-18(10-22(26(38)35-17)30(31,32)33)27(40)39-15-20-21(16-39)25(20)41-24-12-19(28(2,3)34)11-23(36-24)37-8-6-29(4-5-29)7-9-37/h10-14,20-21,25H,4-9,15-16,34H2,1-3H3/t20-,21+,25?. The van der Waals surface area contributed by atoms with Crippen molar-refractivity contribution in [1.29, 1.82) is 0 Å². The average molecular weight is 569 g/mol. The number of nitrogens with zero attached hydrogens (tertiary/aromatic N) is 5. The smallest absolute Gasteiger partial charge is 0.420 e. The molecule has 11 heteroatoms. The summed E-state index contributed by atoms with van der Waals surface area (Å²) in [6, 6.07) is 4.90. The van der Waals surface area contributed by atoms with Gasteiger partial charge in [-0.1, -0.05) is 0 Å². The number of amides is 1. The van der Waals surface area contributed by atoms with Gasteiger partial charge in [-0.05, 0) is 69.6 Å². The van der Waals surface area contributed by atoms with E-state index in [4.69, 9.17) is 15.5 Å². The summed E-state index contributed by atoms with van der Waals surface area (Å²) in [5, 5.41) is 0. The summed E-state index contributed by atoms with van der Waals surface area (Å²) in [7, 11) is 0. The van der Waals surface area contributed by atoms with E-state index < -0.39 is 23.2 Å². The van der Waals surface area contributed by atoms with E-state index in [1.807, 2.05) is 19.9 Å². The third-order valence-corrected chi connectivity index (χ3v) is 9.52. The number of nitrogens with two attached hydrogens (primary N) is 1. The number of aromatic nitrogens is 3. The molecule has 4 fully saturated rings. The molecule has 3 atom stereocenters. The first-order chi connectivity index (χ1) is 19.3. The molecule has 4 aliphatic rings. The molecule has 3 aromatic rings. The molecule has 3 aromatic heterocycles. The van der Waals surface area contributed by atoms with E-state index in [1.54, 1.807) is 11.8 Å². The predicted octanol–water partition coefficient (Wildman–Crippen LogP) is 4.78. The molecule has 41 heavy (non-hydrogen) atoms. The lowest BCUT2D eigenvalue weighted by Crippen LogP contribution is -2.36. The van der Waals surface area contributed by atoms with Crippen LogP contribution in [-0.2, 0) is 11.7 Å². The number of hydrogen-bond acceptors (Lipinski definition) is 6. The number of anilines is 1. The van der Waals surface area contributed by atoms with Crippen LogP contribution in [0, 0.1) is 24.2 Å². The fraction of sp³-hybridized carbons (Fsp3) is 0.567. The van der Waals surface area contributed by atoms with Crippen molar-refractivity contribution in [2.75, 3.05) is 31.1 Å². The topological polar surface area (TPSA) is 89.0 Å². The Morgan fingerprint density at radius 3 is 2.32 bits per heavy atom. The maximum absolute atomic E-state index is 13.7. The van der Waals surface area contributed by atoms with E-state index in [0.717, 1.165) is 30.5 Å². The number of piperidine rings is 2. The highest BCUT2D eigenvalue weighted by molar-refractivity contribution is 5.95. The second-order valence-corrected chi connectivity index (χ2v) is 13.1. The van der Waals surface area contributed by atoms with Gasteiger partial charge in [-0.15, -0.1) is 0 Å². The summed E-state index contributed by atoms with van der Waals surface area (Å²) < 4.78 is 48.9. The summed E-state index contributed by atoms with van der Waals surface area (Å²) in [6.07, 6.45) is 3.28. The zero-order chi connectivity index (χ0) is 28.9. The zero-order valence-electron chi connectivity index (χ0n) is 23.5. The predicted molar refractivity (Wildman–Crippen MR) is 147 cm³/mol. The van der Waals surface area contributed by atoms with Crippen LogP contribution in [0.5, 0.6) is 5.88 Å². The molecule has 0 bridgehead atoms. The Kier molecular flexibility index (Phi) is 5.72. The maximum atomic E-state index is 13.7. The van der Waals surface area contributed by atoms with Crippen molar-refractivity contribution in [3.63, 3.8) is 0 Å². The molecule has 7 rings (SSSR count). The van der Waals surface area contributed by atoms with Gasteiger partial charge >= 0.3 is 6.18 Å². The Bertz CT molecular complexity index is 1520. The van der Waals surface area contributed by atoms with Crippen LogP contribution in [-0.4, -0.2) is 57.5 Å². The molecular weight excluding hydrogens is 533 g/mol. The van der Waals surface area contributed by atoms with E-state index in [-0.39, 0.29) is 29.2 Å². The Morgan fingerprint density at radius 1 is 1.02 bits per heavy atom. The van der Waals surface area contributed by atoms with Gasteiger partial charge in [0.1, 0.15) is 17.6 Å². The van der Waals surface area contributed by atoms with Crippen LogP contribution < -0.4 is 15.4 Å². The Morgan fingerprint density at radius 2 is 1.71 bits per heavy atom. The molecular formula is C30H35F3N6O2. The largest absolute Gasteiger partial charge is 0.474 e. The monoisotopic (exact) mass is 568 g/mol. The number of ether oxygens (including phenoxy) is 1. The first kappa shape index (κ1) is 26.6. The van der Waals surface area contributed by atoms with Crippen LogP contribution in [0.4, 0.5) is 19.0 Å². The third-order valence-electron chi connectivity index (χ3n) is 9.52. The number of halogens is 3. The Hall–Kier alpha value is -3.34. The van der Waals surface area contributed by atoms with Gasteiger partial charge < -0.3 is 24.7 Å². The van der Waals surface area contributed by atoms with Crippen LogP contribution in [0.25, 0.3) is 5.65 Å². The minimum Gasteiger partial charge on any atom is -0.474 e. The number of likely N-dealkylation sites (tertiary alicyclic amines) is 1. The van der Waals surface area contributed by atoms with E-state index in [1.165, 1.54) is 42.5 Å². The van der Waals surface area contributed by atoms with E-state index in [2.05, 4.69) is 16.0 Å². The van der Waals surface area contributed by atoms with Gasteiger partial charge in [0.25, 0.3) is 5.91 Å². The molecule has 2 saturated heterocycles. The molecule has 1 unspecified atom stereocenters. The van der Waals surface area contributed by atoms with Crippen molar-refractivity contribution in [2.24, 2.45) is 23.0 Å². The molecule has 218 valence electrons. The van der Waals surface area contributed by atoms with Gasteiger partial charge in [0.15, 0.2) is 0 Å². The lowest BCUT2D eigenvalue weighted by molar-refractivity contribution is -0.136. The minimum absolute atomic E-state index is 0.000288. The SMILES string of the molecule is Cc1cn2cc(C(=O)N3C[C@@H]4C(Oc5cc(C(C)(C)N)cc(N6CCC7(CC6)CC7)n5)[C@@H]4C3)cc(C(F)(F)F)c2n1. The molecule has 2 N–H and O–H groups in total. The van der Waals surface area contributed by atoms with Crippen LogP contribution in [0.15, 0.2) is 30.6 Å². The van der Waals surface area contributed by atoms with Crippen LogP contribution >= 0.6 is 0 Å². The molecule has 5 heterocycles. The molecule has 8 nitrogen and oxygen atoms in total. The summed E-state index contributed by atoms with van der Waals surface area (Å²) in [5.41, 5.74) is 6.78. The number of fused-ring (bicyclic) bond motifs is 2. The molecule has 2 aliphatic heterocycles. The number of imidazole rings is 1. The molecule has 0 aromatic carbocycles. The van der Waals surface area contributed by atoms with Crippen molar-refractivity contribution >= 4 is 17.4 Å². The molecule has 1 spiro atoms. The highest BCUT2D eigenvalue weighted by Crippen LogP contribution is 2.54. The zero-order valence-corrected chi connectivity index (χ0v) is 23.5. The number of hydrogen-bond donors (Lipinski definition) is 1. The number of rotatable bonds is 5. The Labute approximate surface area is 236 Å². The molecule has 2 aliphatic carbocycles. The summed E-state index contributed by atoms with van der Waals surface area (Å²) in [4.78, 5) is 26.1. The van der Waals surface area contributed by atoms with Gasteiger partial charge in [-0.3, -0.25) is 4.79 Å². The third kappa shape index (κ3) is 4.81. The first-order valence-electron chi connectivity index (χ1n) is 14.4. The van der Waals surface area contributed by atoms with Gasteiger partial charge in [0, 0.05) is 62.0 Å².